The van der Waals surface area contributed by atoms with Gasteiger partial charge in [0.2, 0.25) is 5.91 Å². The van der Waals surface area contributed by atoms with E-state index in [1.165, 1.54) is 0 Å². The van der Waals surface area contributed by atoms with Gasteiger partial charge in [-0.15, -0.1) is 0 Å². The van der Waals surface area contributed by atoms with Gasteiger partial charge < -0.3 is 20.9 Å². The number of fused-ring (bicyclic) bond motifs is 1. The van der Waals surface area contributed by atoms with Gasteiger partial charge in [0.1, 0.15) is 0 Å². The lowest BCUT2D eigenvalue weighted by Gasteiger charge is -2.07. The molecular formula is C21H25N5O4. The van der Waals surface area contributed by atoms with Crippen molar-refractivity contribution < 1.29 is 19.6 Å². The molecule has 9 heteroatoms. The van der Waals surface area contributed by atoms with Gasteiger partial charge in [0.25, 0.3) is 11.8 Å². The number of hydrogen-bond acceptors (Lipinski definition) is 5. The monoisotopic (exact) mass is 411 g/mol. The number of amides is 3. The summed E-state index contributed by atoms with van der Waals surface area (Å²) in [5.74, 6) is -0.850. The molecule has 0 saturated carbocycles. The molecule has 0 aliphatic carbocycles. The van der Waals surface area contributed by atoms with Crippen molar-refractivity contribution in [3.8, 4) is 0 Å². The van der Waals surface area contributed by atoms with Gasteiger partial charge in [-0.3, -0.25) is 19.6 Å². The number of benzene rings is 1. The lowest BCUT2D eigenvalue weighted by Crippen LogP contribution is -2.33. The first-order valence-corrected chi connectivity index (χ1v) is 9.65. The number of rotatable bonds is 8. The number of hydroxylamine groups is 1. The van der Waals surface area contributed by atoms with Crippen molar-refractivity contribution in [1.82, 2.24) is 21.1 Å². The van der Waals surface area contributed by atoms with Gasteiger partial charge in [0, 0.05) is 48.7 Å². The summed E-state index contributed by atoms with van der Waals surface area (Å²) < 4.78 is 0. The number of anilines is 1. The number of nitrogens with one attached hydrogen (secondary N) is 5. The zero-order valence-corrected chi connectivity index (χ0v) is 16.9. The van der Waals surface area contributed by atoms with Gasteiger partial charge in [0.05, 0.1) is 11.1 Å². The van der Waals surface area contributed by atoms with Crippen LogP contribution in [-0.4, -0.2) is 47.5 Å². The zero-order valence-electron chi connectivity index (χ0n) is 16.9. The van der Waals surface area contributed by atoms with Crippen LogP contribution in [-0.2, 0) is 9.59 Å². The quantitative estimate of drug-likeness (QED) is 0.169. The highest BCUT2D eigenvalue weighted by Gasteiger charge is 2.25. The van der Waals surface area contributed by atoms with E-state index in [9.17, 15) is 14.4 Å². The van der Waals surface area contributed by atoms with E-state index in [2.05, 4.69) is 20.9 Å². The Labute approximate surface area is 173 Å². The first kappa shape index (κ1) is 21.3. The molecule has 0 radical (unpaired) electrons. The number of aryl methyl sites for hydroxylation is 1. The van der Waals surface area contributed by atoms with Gasteiger partial charge in [0.15, 0.2) is 0 Å². The Hall–Kier alpha value is -3.43. The molecule has 0 atom stereocenters. The molecule has 2 aromatic rings. The van der Waals surface area contributed by atoms with Crippen molar-refractivity contribution in [2.75, 3.05) is 25.0 Å². The standard InChI is InChI=1S/C21H25N5O4/c1-12-17(11-15-14-5-3-4-6-16(14)25-20(15)28)24-13(2)19(12)21(29)23-10-9-22-8-7-18(27)26-30/h3-6,11,22,24,30H,7-10H2,1-2H3,(H,23,29)(H,25,28)(H,26,27)/b15-11-. The Kier molecular flexibility index (Phi) is 6.65. The summed E-state index contributed by atoms with van der Waals surface area (Å²) in [6.45, 7) is 4.93. The Balaban J connectivity index is 1.65. The minimum absolute atomic E-state index is 0.148. The Morgan fingerprint density at radius 3 is 2.67 bits per heavy atom. The molecule has 0 saturated heterocycles. The summed E-state index contributed by atoms with van der Waals surface area (Å²) in [4.78, 5) is 39.1. The number of carbonyl (C=O) groups excluding carboxylic acids is 3. The van der Waals surface area contributed by atoms with Crippen molar-refractivity contribution in [2.45, 2.75) is 20.3 Å². The molecule has 30 heavy (non-hydrogen) atoms. The van der Waals surface area contributed by atoms with E-state index in [0.29, 0.717) is 36.5 Å². The second kappa shape index (κ2) is 9.38. The highest BCUT2D eigenvalue weighted by molar-refractivity contribution is 6.34. The Bertz CT molecular complexity index is 1010. The first-order chi connectivity index (χ1) is 14.4. The molecule has 0 spiro atoms. The highest BCUT2D eigenvalue weighted by Crippen LogP contribution is 2.33. The fourth-order valence-electron chi connectivity index (χ4n) is 3.42. The minimum Gasteiger partial charge on any atom is -0.358 e. The van der Waals surface area contributed by atoms with Crippen molar-refractivity contribution in [1.29, 1.82) is 0 Å². The fourth-order valence-corrected chi connectivity index (χ4v) is 3.42. The van der Waals surface area contributed by atoms with E-state index in [4.69, 9.17) is 5.21 Å². The second-order valence-electron chi connectivity index (χ2n) is 7.01. The second-order valence-corrected chi connectivity index (χ2v) is 7.01. The largest absolute Gasteiger partial charge is 0.358 e. The molecule has 0 unspecified atom stereocenters. The van der Waals surface area contributed by atoms with Gasteiger partial charge in [-0.25, -0.2) is 5.48 Å². The predicted octanol–water partition coefficient (Wildman–Crippen LogP) is 1.34. The molecule has 0 bridgehead atoms. The molecule has 1 aliphatic heterocycles. The van der Waals surface area contributed by atoms with E-state index in [-0.39, 0.29) is 18.2 Å². The topological polar surface area (TPSA) is 135 Å². The highest BCUT2D eigenvalue weighted by atomic mass is 16.5. The zero-order chi connectivity index (χ0) is 21.7. The van der Waals surface area contributed by atoms with Crippen LogP contribution in [0.15, 0.2) is 24.3 Å². The maximum absolute atomic E-state index is 12.6. The van der Waals surface area contributed by atoms with Gasteiger partial charge in [-0.05, 0) is 31.6 Å². The number of aromatic amines is 1. The summed E-state index contributed by atoms with van der Waals surface area (Å²) in [5, 5.41) is 17.1. The third-order valence-electron chi connectivity index (χ3n) is 4.94. The van der Waals surface area contributed by atoms with Crippen molar-refractivity contribution in [3.63, 3.8) is 0 Å². The summed E-state index contributed by atoms with van der Waals surface area (Å²) in [6, 6.07) is 7.48. The van der Waals surface area contributed by atoms with Crippen LogP contribution in [0.2, 0.25) is 0 Å². The average molecular weight is 411 g/mol. The van der Waals surface area contributed by atoms with E-state index in [1.54, 1.807) is 11.6 Å². The van der Waals surface area contributed by atoms with Crippen LogP contribution >= 0.6 is 0 Å². The molecular weight excluding hydrogens is 386 g/mol. The van der Waals surface area contributed by atoms with Crippen LogP contribution in [0.5, 0.6) is 0 Å². The Morgan fingerprint density at radius 2 is 1.90 bits per heavy atom. The molecule has 6 N–H and O–H groups in total. The summed E-state index contributed by atoms with van der Waals surface area (Å²) in [5.41, 5.74) is 6.47. The van der Waals surface area contributed by atoms with Crippen LogP contribution in [0.4, 0.5) is 5.69 Å². The molecule has 3 rings (SSSR count). The van der Waals surface area contributed by atoms with E-state index < -0.39 is 5.91 Å². The van der Waals surface area contributed by atoms with Crippen LogP contribution in [0.3, 0.4) is 0 Å². The molecule has 1 aliphatic rings. The number of para-hydroxylation sites is 1. The number of carbonyl (C=O) groups is 3. The number of aromatic nitrogens is 1. The maximum Gasteiger partial charge on any atom is 0.256 e. The predicted molar refractivity (Wildman–Crippen MR) is 113 cm³/mol. The smallest absolute Gasteiger partial charge is 0.256 e. The van der Waals surface area contributed by atoms with Gasteiger partial charge in [-0.1, -0.05) is 18.2 Å². The molecule has 0 fully saturated rings. The lowest BCUT2D eigenvalue weighted by molar-refractivity contribution is -0.129. The third-order valence-corrected chi connectivity index (χ3v) is 4.94. The third kappa shape index (κ3) is 4.58. The summed E-state index contributed by atoms with van der Waals surface area (Å²) in [6.07, 6.45) is 1.92. The Morgan fingerprint density at radius 1 is 1.13 bits per heavy atom. The van der Waals surface area contributed by atoms with E-state index in [1.807, 2.05) is 38.1 Å². The fraction of sp³-hybridized carbons (Fsp3) is 0.286. The SMILES string of the molecule is Cc1[nH]c(/C=C2\C(=O)Nc3ccccc32)c(C)c1C(=O)NCCNCCC(=O)NO. The molecule has 2 heterocycles. The molecule has 158 valence electrons. The maximum atomic E-state index is 12.6. The molecule has 3 amide bonds. The number of hydrogen-bond donors (Lipinski definition) is 6. The van der Waals surface area contributed by atoms with E-state index in [0.717, 1.165) is 22.5 Å². The van der Waals surface area contributed by atoms with E-state index >= 15 is 0 Å². The molecule has 1 aromatic heterocycles. The molecule has 1 aromatic carbocycles. The van der Waals surface area contributed by atoms with Crippen molar-refractivity contribution >= 4 is 35.1 Å². The minimum atomic E-state index is -0.467. The van der Waals surface area contributed by atoms with Crippen LogP contribution < -0.4 is 21.4 Å². The van der Waals surface area contributed by atoms with Gasteiger partial charge >= 0.3 is 0 Å². The summed E-state index contributed by atoms with van der Waals surface area (Å²) in [7, 11) is 0. The van der Waals surface area contributed by atoms with Gasteiger partial charge in [-0.2, -0.15) is 0 Å². The average Bonchev–Trinajstić information content (AvgIpc) is 3.19. The van der Waals surface area contributed by atoms with Crippen LogP contribution in [0.25, 0.3) is 11.6 Å². The number of H-pyrrole nitrogens is 1. The van der Waals surface area contributed by atoms with Crippen molar-refractivity contribution in [2.24, 2.45) is 0 Å². The van der Waals surface area contributed by atoms with Crippen LogP contribution in [0.1, 0.15) is 39.3 Å². The summed E-state index contributed by atoms with van der Waals surface area (Å²) >= 11 is 0. The lowest BCUT2D eigenvalue weighted by atomic mass is 10.0. The first-order valence-electron chi connectivity index (χ1n) is 9.65. The van der Waals surface area contributed by atoms with Crippen molar-refractivity contribution in [3.05, 3.63) is 52.3 Å². The molecule has 9 nitrogen and oxygen atoms in total. The van der Waals surface area contributed by atoms with Crippen LogP contribution in [0, 0.1) is 13.8 Å². The normalized spacial score (nSPS) is 13.8.